The van der Waals surface area contributed by atoms with Crippen molar-refractivity contribution in [1.29, 1.82) is 0 Å². The number of carbonyl (C=O) groups is 2. The van der Waals surface area contributed by atoms with Crippen molar-refractivity contribution in [3.8, 4) is 11.5 Å². The second-order valence-corrected chi connectivity index (χ2v) is 8.76. The molecule has 2 saturated heterocycles. The smallest absolute Gasteiger partial charge is 0.266 e. The number of amides is 2. The van der Waals surface area contributed by atoms with Crippen LogP contribution in [0.1, 0.15) is 18.5 Å². The van der Waals surface area contributed by atoms with Crippen molar-refractivity contribution >= 4 is 39.1 Å². The zero-order valence-electron chi connectivity index (χ0n) is 18.0. The van der Waals surface area contributed by atoms with E-state index in [4.69, 9.17) is 9.57 Å². The fourth-order valence-electron chi connectivity index (χ4n) is 4.45. The van der Waals surface area contributed by atoms with Crippen molar-refractivity contribution < 1.29 is 28.7 Å². The highest BCUT2D eigenvalue weighted by Crippen LogP contribution is 2.50. The first-order chi connectivity index (χ1) is 16.4. The number of hydroxylamine groups is 1. The first kappa shape index (κ1) is 22.4. The molecule has 0 spiro atoms. The molecule has 1 N–H and O–H groups in total. The van der Waals surface area contributed by atoms with Gasteiger partial charge in [0.15, 0.2) is 17.6 Å². The number of para-hydroxylation sites is 2. The van der Waals surface area contributed by atoms with Gasteiger partial charge in [-0.1, -0.05) is 30.3 Å². The molecule has 2 heterocycles. The third-order valence-corrected chi connectivity index (χ3v) is 6.52. The highest BCUT2D eigenvalue weighted by atomic mass is 79.9. The van der Waals surface area contributed by atoms with Crippen LogP contribution < -0.4 is 14.7 Å². The molecule has 0 radical (unpaired) electrons. The summed E-state index contributed by atoms with van der Waals surface area (Å²) >= 11 is 3.35. The van der Waals surface area contributed by atoms with Gasteiger partial charge in [-0.05, 0) is 64.8 Å². The molecule has 0 saturated carbocycles. The monoisotopic (exact) mass is 526 g/mol. The summed E-state index contributed by atoms with van der Waals surface area (Å²) in [6.07, 6.45) is -1.14. The van der Waals surface area contributed by atoms with Crippen LogP contribution in [0.15, 0.2) is 71.2 Å². The molecular formula is C25H20BrFN2O5. The van der Waals surface area contributed by atoms with Crippen molar-refractivity contribution in [3.63, 3.8) is 0 Å². The molecule has 7 nitrogen and oxygen atoms in total. The maximum Gasteiger partial charge on any atom is 0.266 e. The zero-order chi connectivity index (χ0) is 24.0. The van der Waals surface area contributed by atoms with E-state index >= 15 is 0 Å². The van der Waals surface area contributed by atoms with Gasteiger partial charge in [-0.2, -0.15) is 0 Å². The van der Waals surface area contributed by atoms with E-state index in [0.717, 1.165) is 4.90 Å². The maximum absolute atomic E-state index is 14.5. The van der Waals surface area contributed by atoms with Gasteiger partial charge in [0.2, 0.25) is 5.91 Å². The van der Waals surface area contributed by atoms with Crippen LogP contribution in [-0.2, 0) is 14.4 Å². The Labute approximate surface area is 203 Å². The number of fused-ring (bicyclic) bond motifs is 1. The number of hydrogen-bond donors (Lipinski definition) is 1. The van der Waals surface area contributed by atoms with Crippen LogP contribution in [-0.4, -0.2) is 29.6 Å². The van der Waals surface area contributed by atoms with Crippen LogP contribution in [0.2, 0.25) is 0 Å². The van der Waals surface area contributed by atoms with E-state index in [1.165, 1.54) is 23.3 Å². The molecule has 0 bridgehead atoms. The second-order valence-electron chi connectivity index (χ2n) is 7.90. The number of imide groups is 1. The number of hydrogen-bond acceptors (Lipinski definition) is 6. The maximum atomic E-state index is 14.5. The van der Waals surface area contributed by atoms with Gasteiger partial charge in [0.05, 0.1) is 28.5 Å². The number of anilines is 2. The molecule has 2 fully saturated rings. The Hall–Kier alpha value is -3.43. The van der Waals surface area contributed by atoms with E-state index in [-0.39, 0.29) is 17.2 Å². The van der Waals surface area contributed by atoms with E-state index in [9.17, 15) is 19.1 Å². The summed E-state index contributed by atoms with van der Waals surface area (Å²) in [4.78, 5) is 33.8. The third kappa shape index (κ3) is 3.52. The molecule has 174 valence electrons. The molecule has 0 aliphatic carbocycles. The van der Waals surface area contributed by atoms with Crippen molar-refractivity contribution in [2.75, 3.05) is 16.6 Å². The molecule has 2 aliphatic heterocycles. The van der Waals surface area contributed by atoms with Gasteiger partial charge < -0.3 is 9.84 Å². The first-order valence-corrected chi connectivity index (χ1v) is 11.5. The fraction of sp³-hybridized carbons (Fsp3) is 0.200. The Morgan fingerprint density at radius 3 is 2.47 bits per heavy atom. The molecule has 0 aromatic heterocycles. The molecule has 3 aromatic carbocycles. The van der Waals surface area contributed by atoms with Gasteiger partial charge in [-0.25, -0.2) is 14.4 Å². The van der Waals surface area contributed by atoms with E-state index in [1.807, 2.05) is 18.2 Å². The molecular weight excluding hydrogens is 507 g/mol. The molecule has 5 rings (SSSR count). The topological polar surface area (TPSA) is 79.3 Å². The Balaban J connectivity index is 1.64. The number of rotatable bonds is 5. The van der Waals surface area contributed by atoms with E-state index in [1.54, 1.807) is 37.3 Å². The van der Waals surface area contributed by atoms with Gasteiger partial charge in [-0.3, -0.25) is 14.4 Å². The fourth-order valence-corrected chi connectivity index (χ4v) is 4.91. The van der Waals surface area contributed by atoms with Crippen LogP contribution >= 0.6 is 15.9 Å². The molecule has 2 amide bonds. The normalized spacial score (nSPS) is 21.8. The summed E-state index contributed by atoms with van der Waals surface area (Å²) in [5, 5.41) is 11.9. The first-order valence-electron chi connectivity index (χ1n) is 10.7. The van der Waals surface area contributed by atoms with Crippen LogP contribution in [0, 0.1) is 11.7 Å². The lowest BCUT2D eigenvalue weighted by molar-refractivity contribution is -0.126. The van der Waals surface area contributed by atoms with E-state index in [2.05, 4.69) is 15.9 Å². The number of benzene rings is 3. The minimum Gasteiger partial charge on any atom is -0.503 e. The molecule has 9 heteroatoms. The molecule has 0 unspecified atom stereocenters. The molecule has 2 aliphatic rings. The average molecular weight is 527 g/mol. The largest absolute Gasteiger partial charge is 0.503 e. The number of phenols is 1. The summed E-state index contributed by atoms with van der Waals surface area (Å²) in [5.41, 5.74) is 1.12. The van der Waals surface area contributed by atoms with Crippen LogP contribution in [0.5, 0.6) is 11.5 Å². The van der Waals surface area contributed by atoms with Gasteiger partial charge >= 0.3 is 0 Å². The number of nitrogens with zero attached hydrogens (tertiary/aromatic N) is 2. The second kappa shape index (κ2) is 8.73. The summed E-state index contributed by atoms with van der Waals surface area (Å²) in [5.74, 6) is -2.66. The van der Waals surface area contributed by atoms with Gasteiger partial charge in [-0.15, -0.1) is 0 Å². The SMILES string of the molecule is CCOc1cc([C@@H]2[C@H]3C(=O)N(c4ccccc4F)C(=O)[C@@H]3ON2c2ccccc2)cc(Br)c1O. The number of halogens is 2. The number of phenolic OH excluding ortho intramolecular Hbond substituents is 1. The number of carbonyl (C=O) groups excluding carboxylic acids is 2. The standard InChI is InChI=1S/C25H20BrFN2O5/c1-2-33-19-13-14(12-16(26)22(19)30)21-20-23(34-29(21)15-8-4-3-5-9-15)25(32)28(24(20)31)18-11-7-6-10-17(18)27/h3-13,20-21,23,30H,2H2,1H3/t20-,21-,23-/m1/s1. The summed E-state index contributed by atoms with van der Waals surface area (Å²) in [7, 11) is 0. The highest BCUT2D eigenvalue weighted by molar-refractivity contribution is 9.10. The van der Waals surface area contributed by atoms with E-state index in [0.29, 0.717) is 22.3 Å². The van der Waals surface area contributed by atoms with Crippen molar-refractivity contribution in [2.45, 2.75) is 19.1 Å². The zero-order valence-corrected chi connectivity index (χ0v) is 19.6. The van der Waals surface area contributed by atoms with Crippen LogP contribution in [0.4, 0.5) is 15.8 Å². The Kier molecular flexibility index (Phi) is 5.75. The molecule has 34 heavy (non-hydrogen) atoms. The summed E-state index contributed by atoms with van der Waals surface area (Å²) in [6.45, 7) is 2.11. The van der Waals surface area contributed by atoms with Crippen LogP contribution in [0.3, 0.4) is 0 Å². The van der Waals surface area contributed by atoms with Gasteiger partial charge in [0.1, 0.15) is 11.7 Å². The average Bonchev–Trinajstić information content (AvgIpc) is 3.34. The Bertz CT molecular complexity index is 1270. The van der Waals surface area contributed by atoms with Crippen LogP contribution in [0.25, 0.3) is 0 Å². The lowest BCUT2D eigenvalue weighted by atomic mass is 9.90. The predicted molar refractivity (Wildman–Crippen MR) is 126 cm³/mol. The lowest BCUT2D eigenvalue weighted by Gasteiger charge is -2.29. The highest BCUT2D eigenvalue weighted by Gasteiger charge is 2.60. The van der Waals surface area contributed by atoms with Crippen molar-refractivity contribution in [3.05, 3.63) is 82.6 Å². The van der Waals surface area contributed by atoms with Gasteiger partial charge in [0, 0.05) is 0 Å². The number of aromatic hydroxyl groups is 1. The Morgan fingerprint density at radius 2 is 1.76 bits per heavy atom. The molecule has 3 aromatic rings. The number of ether oxygens (including phenoxy) is 1. The van der Waals surface area contributed by atoms with Crippen molar-refractivity contribution in [1.82, 2.24) is 0 Å². The minimum absolute atomic E-state index is 0.0749. The Morgan fingerprint density at radius 1 is 1.06 bits per heavy atom. The minimum atomic E-state index is -1.14. The lowest BCUT2D eigenvalue weighted by Crippen LogP contribution is -2.37. The third-order valence-electron chi connectivity index (χ3n) is 5.91. The summed E-state index contributed by atoms with van der Waals surface area (Å²) < 4.78 is 20.5. The van der Waals surface area contributed by atoms with Crippen molar-refractivity contribution in [2.24, 2.45) is 5.92 Å². The van der Waals surface area contributed by atoms with E-state index < -0.39 is 35.7 Å². The predicted octanol–water partition coefficient (Wildman–Crippen LogP) is 4.74. The summed E-state index contributed by atoms with van der Waals surface area (Å²) in [6, 6.07) is 17.3. The van der Waals surface area contributed by atoms with Gasteiger partial charge in [0.25, 0.3) is 5.91 Å². The quantitative estimate of drug-likeness (QED) is 0.483. The molecule has 3 atom stereocenters.